The minimum Gasteiger partial charge on any atom is -0.547 e. The molecule has 0 saturated heterocycles. The second-order valence-corrected chi connectivity index (χ2v) is 1.65. The first-order valence-corrected chi connectivity index (χ1v) is 2.04. The number of carbonyl (C=O) groups excluding carboxylic acids is 2. The monoisotopic (exact) mass is 210 g/mol. The van der Waals surface area contributed by atoms with Gasteiger partial charge in [-0.15, -0.1) is 0 Å². The molecule has 0 radical (unpaired) electrons. The van der Waals surface area contributed by atoms with E-state index in [0.717, 1.165) is 0 Å². The van der Waals surface area contributed by atoms with E-state index in [0.29, 0.717) is 6.92 Å². The Labute approximate surface area is 148 Å². The van der Waals surface area contributed by atoms with Gasteiger partial charge in [0.2, 0.25) is 0 Å². The number of aliphatic carboxylic acids is 2. The van der Waals surface area contributed by atoms with Gasteiger partial charge in [-0.2, -0.15) is 0 Å². The molecular weight excluding hydrogens is 206 g/mol. The largest absolute Gasteiger partial charge is 1.00 e. The summed E-state index contributed by atoms with van der Waals surface area (Å²) >= 11 is 0. The second-order valence-electron chi connectivity index (χ2n) is 1.65. The molecule has 11 heavy (non-hydrogen) atoms. The summed E-state index contributed by atoms with van der Waals surface area (Å²) in [4.78, 5) is 19.4. The fourth-order valence-electron chi connectivity index (χ4n) is 0.0833. The van der Waals surface area contributed by atoms with Crippen molar-refractivity contribution in [1.29, 1.82) is 0 Å². The third-order valence-electron chi connectivity index (χ3n) is 0.795. The zero-order chi connectivity index (χ0) is 7.65. The van der Waals surface area contributed by atoms with Crippen LogP contribution >= 0.6 is 0 Å². The van der Waals surface area contributed by atoms with Gasteiger partial charge in [0.1, 0.15) is 5.60 Å². The van der Waals surface area contributed by atoms with Crippen LogP contribution in [0.3, 0.4) is 0 Å². The maximum Gasteiger partial charge on any atom is 1.00 e. The van der Waals surface area contributed by atoms with E-state index in [1.54, 1.807) is 0 Å². The van der Waals surface area contributed by atoms with Crippen LogP contribution in [-0.4, -0.2) is 22.6 Å². The van der Waals surface area contributed by atoms with E-state index in [2.05, 4.69) is 0 Å². The Morgan fingerprint density at radius 1 is 1.18 bits per heavy atom. The van der Waals surface area contributed by atoms with Gasteiger partial charge in [-0.05, 0) is 6.92 Å². The van der Waals surface area contributed by atoms with E-state index in [1.807, 2.05) is 0 Å². The summed E-state index contributed by atoms with van der Waals surface area (Å²) in [6, 6.07) is 0. The van der Waals surface area contributed by atoms with Crippen molar-refractivity contribution in [3.63, 3.8) is 0 Å². The predicted molar refractivity (Wildman–Crippen MR) is 20.6 cm³/mol. The molecule has 0 saturated carbocycles. The van der Waals surface area contributed by atoms with Gasteiger partial charge in [-0.25, -0.2) is 0 Å². The Morgan fingerprint density at radius 2 is 1.36 bits per heavy atom. The summed E-state index contributed by atoms with van der Waals surface area (Å²) in [6.45, 7) is 0.567. The first-order chi connectivity index (χ1) is 3.89. The minimum atomic E-state index is -2.89. The van der Waals surface area contributed by atoms with E-state index < -0.39 is 17.5 Å². The summed E-state index contributed by atoms with van der Waals surface area (Å²) in [7, 11) is 0. The zero-order valence-electron chi connectivity index (χ0n) is 6.58. The van der Waals surface area contributed by atoms with Crippen LogP contribution in [-0.2, 0) is 9.59 Å². The maximum atomic E-state index is 9.68. The normalized spacial score (nSPS) is 8.91. The maximum absolute atomic E-state index is 9.68. The van der Waals surface area contributed by atoms with Crippen LogP contribution in [0.15, 0.2) is 0 Å². The van der Waals surface area contributed by atoms with E-state index in [-0.39, 0.29) is 103 Å². The molecule has 0 aliphatic rings. The fourth-order valence-corrected chi connectivity index (χ4v) is 0.0833. The van der Waals surface area contributed by atoms with Gasteiger partial charge in [-0.1, -0.05) is 0 Å². The van der Waals surface area contributed by atoms with Crippen LogP contribution in [0.2, 0.25) is 0 Å². The molecule has 7 heteroatoms. The van der Waals surface area contributed by atoms with Crippen molar-refractivity contribution in [3.8, 4) is 0 Å². The summed E-state index contributed by atoms with van der Waals surface area (Å²) < 4.78 is 0. The van der Waals surface area contributed by atoms with E-state index in [4.69, 9.17) is 5.11 Å². The van der Waals surface area contributed by atoms with Crippen molar-refractivity contribution in [2.45, 2.75) is 12.5 Å². The van der Waals surface area contributed by atoms with Crippen LogP contribution in [0.1, 0.15) is 6.92 Å². The van der Waals surface area contributed by atoms with Crippen LogP contribution in [0.25, 0.3) is 0 Å². The Morgan fingerprint density at radius 3 is 1.36 bits per heavy atom. The minimum absolute atomic E-state index is 0. The molecule has 0 unspecified atom stereocenters. The molecule has 0 aromatic rings. The van der Waals surface area contributed by atoms with Gasteiger partial charge < -0.3 is 24.9 Å². The van der Waals surface area contributed by atoms with Crippen molar-refractivity contribution in [1.82, 2.24) is 0 Å². The molecule has 0 fully saturated rings. The molecule has 0 amide bonds. The summed E-state index contributed by atoms with van der Waals surface area (Å²) in [6.07, 6.45) is 0. The molecule has 0 aromatic heterocycles. The second kappa shape index (κ2) is 7.56. The van der Waals surface area contributed by atoms with Crippen LogP contribution in [0, 0.1) is 0 Å². The summed E-state index contributed by atoms with van der Waals surface area (Å²) in [5.41, 5.74) is -2.89. The standard InChI is InChI=1S/C4H6O5.2K/c1-4(9,2(5)6)3(7)8;;/h9H,1H3,(H,5,6)(H,7,8);;/q;2*+1/p-2. The number of hydrogen-bond acceptors (Lipinski definition) is 5. The van der Waals surface area contributed by atoms with Crippen molar-refractivity contribution >= 4 is 11.9 Å². The van der Waals surface area contributed by atoms with Crippen LogP contribution < -0.4 is 113 Å². The van der Waals surface area contributed by atoms with E-state index in [9.17, 15) is 19.8 Å². The van der Waals surface area contributed by atoms with E-state index in [1.165, 1.54) is 0 Å². The van der Waals surface area contributed by atoms with Crippen LogP contribution in [0.5, 0.6) is 0 Å². The molecular formula is C4H4K2O5. The number of hydrogen-bond donors (Lipinski definition) is 1. The number of aliphatic hydroxyl groups is 1. The van der Waals surface area contributed by atoms with Crippen LogP contribution in [0.4, 0.5) is 0 Å². The molecule has 52 valence electrons. The topological polar surface area (TPSA) is 100 Å². The molecule has 0 atom stereocenters. The first-order valence-electron chi connectivity index (χ1n) is 2.04. The smallest absolute Gasteiger partial charge is 0.547 e. The Kier molecular flexibility index (Phi) is 13.0. The number of carboxylic acid groups (broad SMARTS) is 2. The molecule has 5 nitrogen and oxygen atoms in total. The van der Waals surface area contributed by atoms with E-state index >= 15 is 0 Å². The molecule has 0 aliphatic heterocycles. The zero-order valence-corrected chi connectivity index (χ0v) is 12.8. The molecule has 0 spiro atoms. The van der Waals surface area contributed by atoms with Gasteiger partial charge in [0.05, 0.1) is 11.9 Å². The van der Waals surface area contributed by atoms with Gasteiger partial charge in [0, 0.05) is 0 Å². The van der Waals surface area contributed by atoms with Crippen molar-refractivity contribution < 1.29 is 128 Å². The van der Waals surface area contributed by atoms with Gasteiger partial charge >= 0.3 is 103 Å². The Balaban J connectivity index is -0.000000320. The number of rotatable bonds is 2. The van der Waals surface area contributed by atoms with Gasteiger partial charge in [0.15, 0.2) is 0 Å². The quantitative estimate of drug-likeness (QED) is 0.360. The summed E-state index contributed by atoms with van der Waals surface area (Å²) in [5, 5.41) is 27.7. The number of carbonyl (C=O) groups is 2. The first kappa shape index (κ1) is 18.9. The van der Waals surface area contributed by atoms with Crippen molar-refractivity contribution in [2.24, 2.45) is 0 Å². The molecule has 1 N–H and O–H groups in total. The van der Waals surface area contributed by atoms with Crippen molar-refractivity contribution in [3.05, 3.63) is 0 Å². The fraction of sp³-hybridized carbons (Fsp3) is 0.500. The molecule has 0 aromatic carbocycles. The Bertz CT molecular complexity index is 139. The van der Waals surface area contributed by atoms with Gasteiger partial charge in [-0.3, -0.25) is 0 Å². The third-order valence-corrected chi connectivity index (χ3v) is 0.795. The molecule has 0 aliphatic carbocycles. The third kappa shape index (κ3) is 6.27. The predicted octanol–water partition coefficient (Wildman–Crippen LogP) is -9.75. The summed E-state index contributed by atoms with van der Waals surface area (Å²) in [5.74, 6) is -4.16. The molecule has 0 bridgehead atoms. The average molecular weight is 210 g/mol. The van der Waals surface area contributed by atoms with Crippen molar-refractivity contribution in [2.75, 3.05) is 0 Å². The number of carboxylic acids is 2. The molecule has 0 rings (SSSR count). The molecule has 0 heterocycles. The SMILES string of the molecule is CC(O)(C(=O)[O-])C(=O)[O-].[K+].[K+]. The Hall–Kier alpha value is 2.17. The van der Waals surface area contributed by atoms with Gasteiger partial charge in [0.25, 0.3) is 0 Å². The average Bonchev–Trinajstić information content (AvgIpc) is 1.65.